The minimum Gasteiger partial charge on any atom is -0.431 e. The smallest absolute Gasteiger partial charge is 0.397 e. The standard InChI is InChI=1S/C24H34O7S/c1-22-10-7-17(31-32(27,28)29)13-16(22)4-5-20-19(22)8-11-23(2)18(9-12-24(20,23)26)15-3-6-21(25)30-14-15/h3,6,14,16-20,26H,4-5,7-13H2,1-2H3,(H,27,28,29)/t16?,17-,18+,19?,20?,22-,23+,24-/m0/s1. The van der Waals surface area contributed by atoms with Crippen LogP contribution in [0.25, 0.3) is 0 Å². The lowest BCUT2D eigenvalue weighted by Crippen LogP contribution is -2.62. The number of rotatable bonds is 3. The van der Waals surface area contributed by atoms with Gasteiger partial charge < -0.3 is 9.52 Å². The van der Waals surface area contributed by atoms with Crippen LogP contribution in [0.5, 0.6) is 0 Å². The number of aliphatic hydroxyl groups is 1. The molecule has 0 aromatic carbocycles. The first-order valence-electron chi connectivity index (χ1n) is 11.9. The van der Waals surface area contributed by atoms with Crippen molar-refractivity contribution in [2.75, 3.05) is 0 Å². The molecule has 2 N–H and O–H groups in total. The maximum Gasteiger partial charge on any atom is 0.397 e. The van der Waals surface area contributed by atoms with Crippen LogP contribution in [0.1, 0.15) is 83.1 Å². The Morgan fingerprint density at radius 3 is 2.50 bits per heavy atom. The van der Waals surface area contributed by atoms with Gasteiger partial charge in [0.2, 0.25) is 0 Å². The molecule has 7 nitrogen and oxygen atoms in total. The van der Waals surface area contributed by atoms with Gasteiger partial charge in [0.15, 0.2) is 0 Å². The zero-order valence-electron chi connectivity index (χ0n) is 18.8. The Labute approximate surface area is 189 Å². The molecule has 4 aliphatic rings. The molecule has 0 saturated heterocycles. The summed E-state index contributed by atoms with van der Waals surface area (Å²) in [6.07, 6.45) is 8.66. The lowest BCUT2D eigenvalue weighted by Gasteiger charge is -2.63. The van der Waals surface area contributed by atoms with E-state index in [0.717, 1.165) is 50.5 Å². The summed E-state index contributed by atoms with van der Waals surface area (Å²) in [7, 11) is -4.44. The number of hydrogen-bond donors (Lipinski definition) is 2. The van der Waals surface area contributed by atoms with Gasteiger partial charge in [0.25, 0.3) is 0 Å². The van der Waals surface area contributed by atoms with Gasteiger partial charge in [-0.15, -0.1) is 0 Å². The minimum absolute atomic E-state index is 0.0384. The number of fused-ring (bicyclic) bond motifs is 5. The Morgan fingerprint density at radius 2 is 1.81 bits per heavy atom. The van der Waals surface area contributed by atoms with E-state index in [-0.39, 0.29) is 28.3 Å². The van der Waals surface area contributed by atoms with E-state index in [4.69, 9.17) is 13.2 Å². The molecule has 1 aromatic rings. The van der Waals surface area contributed by atoms with Crippen molar-refractivity contribution in [1.29, 1.82) is 0 Å². The summed E-state index contributed by atoms with van der Waals surface area (Å²) in [5, 5.41) is 12.2. The van der Waals surface area contributed by atoms with Gasteiger partial charge in [0.1, 0.15) is 0 Å². The molecule has 178 valence electrons. The van der Waals surface area contributed by atoms with E-state index in [1.54, 1.807) is 6.26 Å². The van der Waals surface area contributed by atoms with Crippen LogP contribution in [0, 0.1) is 28.6 Å². The molecule has 4 fully saturated rings. The van der Waals surface area contributed by atoms with Crippen molar-refractivity contribution in [3.05, 3.63) is 34.4 Å². The average Bonchev–Trinajstić information content (AvgIpc) is 2.99. The summed E-state index contributed by atoms with van der Waals surface area (Å²) in [6, 6.07) is 3.33. The molecule has 4 aliphatic carbocycles. The van der Waals surface area contributed by atoms with Gasteiger partial charge >= 0.3 is 16.0 Å². The van der Waals surface area contributed by atoms with Crippen molar-refractivity contribution in [3.8, 4) is 0 Å². The Bertz CT molecular complexity index is 1030. The molecule has 8 heteroatoms. The third-order valence-electron chi connectivity index (χ3n) is 10.2. The van der Waals surface area contributed by atoms with Gasteiger partial charge in [0, 0.05) is 11.5 Å². The van der Waals surface area contributed by atoms with Crippen molar-refractivity contribution < 1.29 is 26.7 Å². The quantitative estimate of drug-likeness (QED) is 0.646. The minimum atomic E-state index is -4.44. The highest BCUT2D eigenvalue weighted by Crippen LogP contribution is 2.70. The Morgan fingerprint density at radius 1 is 1.03 bits per heavy atom. The summed E-state index contributed by atoms with van der Waals surface area (Å²) in [5.41, 5.74) is -0.328. The first-order chi connectivity index (χ1) is 15.0. The summed E-state index contributed by atoms with van der Waals surface area (Å²) >= 11 is 0. The molecule has 1 heterocycles. The highest BCUT2D eigenvalue weighted by molar-refractivity contribution is 7.80. The highest BCUT2D eigenvalue weighted by Gasteiger charge is 2.67. The zero-order chi connectivity index (χ0) is 22.9. The van der Waals surface area contributed by atoms with Gasteiger partial charge in [0.05, 0.1) is 18.0 Å². The van der Waals surface area contributed by atoms with Crippen LogP contribution in [0.4, 0.5) is 0 Å². The average molecular weight is 467 g/mol. The molecule has 0 amide bonds. The second-order valence-corrected chi connectivity index (χ2v) is 12.3. The van der Waals surface area contributed by atoms with Crippen molar-refractivity contribution in [2.45, 2.75) is 89.3 Å². The van der Waals surface area contributed by atoms with Crippen molar-refractivity contribution in [3.63, 3.8) is 0 Å². The van der Waals surface area contributed by atoms with E-state index in [2.05, 4.69) is 13.8 Å². The predicted octanol–water partition coefficient (Wildman–Crippen LogP) is 4.07. The molecule has 8 atom stereocenters. The topological polar surface area (TPSA) is 114 Å². The lowest BCUT2D eigenvalue weighted by atomic mass is 9.43. The van der Waals surface area contributed by atoms with Gasteiger partial charge in [-0.05, 0) is 98.5 Å². The summed E-state index contributed by atoms with van der Waals surface area (Å²) in [6.45, 7) is 4.54. The largest absolute Gasteiger partial charge is 0.431 e. The second kappa shape index (κ2) is 7.39. The third kappa shape index (κ3) is 3.32. The normalized spacial score (nSPS) is 46.2. The monoisotopic (exact) mass is 466 g/mol. The van der Waals surface area contributed by atoms with Crippen LogP contribution in [0.3, 0.4) is 0 Å². The molecular weight excluding hydrogens is 432 g/mol. The molecule has 4 saturated carbocycles. The second-order valence-electron chi connectivity index (χ2n) is 11.3. The Kier molecular flexibility index (Phi) is 5.21. The van der Waals surface area contributed by atoms with Crippen LogP contribution in [0.2, 0.25) is 0 Å². The van der Waals surface area contributed by atoms with E-state index in [0.29, 0.717) is 24.7 Å². The van der Waals surface area contributed by atoms with Gasteiger partial charge in [-0.25, -0.2) is 8.98 Å². The van der Waals surface area contributed by atoms with E-state index in [1.165, 1.54) is 6.07 Å². The lowest BCUT2D eigenvalue weighted by molar-refractivity contribution is -0.204. The molecule has 3 unspecified atom stereocenters. The molecule has 1 aromatic heterocycles. The Hall–Kier alpha value is -1.22. The molecule has 0 aliphatic heterocycles. The first kappa shape index (κ1) is 22.6. The molecule has 32 heavy (non-hydrogen) atoms. The molecular formula is C24H34O7S. The third-order valence-corrected chi connectivity index (χ3v) is 10.7. The number of hydrogen-bond acceptors (Lipinski definition) is 6. The fraction of sp³-hybridized carbons (Fsp3) is 0.792. The Balaban J connectivity index is 1.40. The summed E-state index contributed by atoms with van der Waals surface area (Å²) < 4.78 is 41.6. The summed E-state index contributed by atoms with van der Waals surface area (Å²) in [5.74, 6) is 1.10. The fourth-order valence-electron chi connectivity index (χ4n) is 8.55. The molecule has 0 radical (unpaired) electrons. The van der Waals surface area contributed by atoms with E-state index in [1.807, 2.05) is 6.07 Å². The fourth-order valence-corrected chi connectivity index (χ4v) is 9.07. The maximum absolute atomic E-state index is 12.2. The van der Waals surface area contributed by atoms with Crippen LogP contribution in [-0.2, 0) is 14.6 Å². The first-order valence-corrected chi connectivity index (χ1v) is 13.3. The van der Waals surface area contributed by atoms with Gasteiger partial charge in [-0.3, -0.25) is 4.55 Å². The van der Waals surface area contributed by atoms with E-state index >= 15 is 0 Å². The van der Waals surface area contributed by atoms with Gasteiger partial charge in [-0.1, -0.05) is 13.8 Å². The predicted molar refractivity (Wildman–Crippen MR) is 117 cm³/mol. The van der Waals surface area contributed by atoms with Crippen molar-refractivity contribution in [2.24, 2.45) is 28.6 Å². The zero-order valence-corrected chi connectivity index (χ0v) is 19.6. The van der Waals surface area contributed by atoms with Crippen molar-refractivity contribution >= 4 is 10.4 Å². The molecule has 5 rings (SSSR count). The van der Waals surface area contributed by atoms with Crippen LogP contribution in [-0.4, -0.2) is 29.8 Å². The SMILES string of the molecule is C[C@]12CC[C@H](OS(=O)(=O)O)CC1CCC1C2CC[C@]2(C)[C@@H](c3ccc(=O)oc3)CC[C@]12O. The maximum atomic E-state index is 12.2. The van der Waals surface area contributed by atoms with Crippen LogP contribution in [0.15, 0.2) is 27.6 Å². The van der Waals surface area contributed by atoms with Crippen LogP contribution >= 0.6 is 0 Å². The van der Waals surface area contributed by atoms with Crippen LogP contribution < -0.4 is 5.63 Å². The molecule has 0 bridgehead atoms. The summed E-state index contributed by atoms with van der Waals surface area (Å²) in [4.78, 5) is 11.4. The van der Waals surface area contributed by atoms with Gasteiger partial charge in [-0.2, -0.15) is 8.42 Å². The van der Waals surface area contributed by atoms with Crippen molar-refractivity contribution in [1.82, 2.24) is 0 Å². The molecule has 0 spiro atoms. The van der Waals surface area contributed by atoms with E-state index in [9.17, 15) is 18.3 Å². The highest BCUT2D eigenvalue weighted by atomic mass is 32.3. The van der Waals surface area contributed by atoms with E-state index < -0.39 is 22.1 Å².